The third kappa shape index (κ3) is 5.27. The summed E-state index contributed by atoms with van der Waals surface area (Å²) in [7, 11) is 3.47. The number of rotatable bonds is 8. The predicted octanol–water partition coefficient (Wildman–Crippen LogP) is 2.11. The molecule has 1 rings (SSSR count). The zero-order valence-corrected chi connectivity index (χ0v) is 13.6. The quantitative estimate of drug-likeness (QED) is 0.720. The molecule has 0 saturated carbocycles. The maximum atomic E-state index is 11.9. The first-order chi connectivity index (χ1) is 9.99. The highest BCUT2D eigenvalue weighted by molar-refractivity contribution is 5.95. The second-order valence-electron chi connectivity index (χ2n) is 5.36. The number of benzene rings is 1. The summed E-state index contributed by atoms with van der Waals surface area (Å²) in [6.07, 6.45) is 1.16. The summed E-state index contributed by atoms with van der Waals surface area (Å²) in [4.78, 5) is 15.8. The number of nitrogens with zero attached hydrogens (tertiary/aromatic N) is 2. The van der Waals surface area contributed by atoms with E-state index in [1.807, 2.05) is 12.1 Å². The molecule has 1 amide bonds. The molecule has 0 aliphatic carbocycles. The lowest BCUT2D eigenvalue weighted by atomic mass is 10.1. The molecule has 3 N–H and O–H groups in total. The van der Waals surface area contributed by atoms with Crippen LogP contribution in [0, 0.1) is 0 Å². The third-order valence-electron chi connectivity index (χ3n) is 3.44. The summed E-state index contributed by atoms with van der Waals surface area (Å²) < 4.78 is 0. The number of likely N-dealkylation sites (N-methyl/N-ethyl adjacent to an activating group) is 1. The van der Waals surface area contributed by atoms with Gasteiger partial charge in [0, 0.05) is 32.7 Å². The molecular formula is C16H28N4O. The minimum Gasteiger partial charge on any atom is -0.397 e. The Morgan fingerprint density at radius 2 is 1.95 bits per heavy atom. The molecule has 0 spiro atoms. The number of carbonyl (C=O) groups is 1. The van der Waals surface area contributed by atoms with E-state index in [-0.39, 0.29) is 5.91 Å². The molecule has 0 fully saturated rings. The number of nitrogens with two attached hydrogens (primary N) is 1. The lowest BCUT2D eigenvalue weighted by molar-refractivity contribution is 0.0827. The van der Waals surface area contributed by atoms with Gasteiger partial charge in [0.05, 0.1) is 11.4 Å². The Bertz CT molecular complexity index is 460. The minimum absolute atomic E-state index is 0.0339. The van der Waals surface area contributed by atoms with Crippen molar-refractivity contribution in [3.05, 3.63) is 23.8 Å². The van der Waals surface area contributed by atoms with Crippen LogP contribution in [0.3, 0.4) is 0 Å². The summed E-state index contributed by atoms with van der Waals surface area (Å²) in [6, 6.07) is 5.42. The van der Waals surface area contributed by atoms with Gasteiger partial charge in [0.1, 0.15) is 0 Å². The van der Waals surface area contributed by atoms with Gasteiger partial charge >= 0.3 is 0 Å². The summed E-state index contributed by atoms with van der Waals surface area (Å²) in [5.74, 6) is -0.0339. The van der Waals surface area contributed by atoms with Gasteiger partial charge in [0.15, 0.2) is 0 Å². The van der Waals surface area contributed by atoms with Crippen molar-refractivity contribution in [2.75, 3.05) is 51.3 Å². The average Bonchev–Trinajstić information content (AvgIpc) is 2.46. The first-order valence-corrected chi connectivity index (χ1v) is 7.57. The van der Waals surface area contributed by atoms with Gasteiger partial charge in [-0.25, -0.2) is 0 Å². The van der Waals surface area contributed by atoms with Crippen molar-refractivity contribution >= 4 is 17.3 Å². The fourth-order valence-electron chi connectivity index (χ4n) is 2.21. The molecule has 0 aliphatic rings. The van der Waals surface area contributed by atoms with Gasteiger partial charge in [-0.2, -0.15) is 0 Å². The molecule has 0 heterocycles. The fraction of sp³-hybridized carbons (Fsp3) is 0.562. The van der Waals surface area contributed by atoms with Gasteiger partial charge in [-0.3, -0.25) is 4.79 Å². The van der Waals surface area contributed by atoms with Crippen LogP contribution in [0.5, 0.6) is 0 Å². The lowest BCUT2D eigenvalue weighted by Gasteiger charge is -2.20. The minimum atomic E-state index is -0.0339. The number of hydrogen-bond acceptors (Lipinski definition) is 4. The Morgan fingerprint density at radius 1 is 1.24 bits per heavy atom. The Morgan fingerprint density at radius 3 is 2.48 bits per heavy atom. The van der Waals surface area contributed by atoms with Crippen molar-refractivity contribution in [3.8, 4) is 0 Å². The molecule has 21 heavy (non-hydrogen) atoms. The Hall–Kier alpha value is -1.75. The number of nitrogens with one attached hydrogen (secondary N) is 1. The maximum absolute atomic E-state index is 11.9. The van der Waals surface area contributed by atoms with Crippen LogP contribution in [-0.4, -0.2) is 56.0 Å². The van der Waals surface area contributed by atoms with E-state index in [2.05, 4.69) is 24.1 Å². The largest absolute Gasteiger partial charge is 0.397 e. The summed E-state index contributed by atoms with van der Waals surface area (Å²) >= 11 is 0. The molecule has 0 radical (unpaired) electrons. The van der Waals surface area contributed by atoms with E-state index in [9.17, 15) is 4.79 Å². The van der Waals surface area contributed by atoms with Gasteiger partial charge in [0.25, 0.3) is 5.91 Å². The highest BCUT2D eigenvalue weighted by Crippen LogP contribution is 2.20. The molecule has 0 aliphatic heterocycles. The topological polar surface area (TPSA) is 61.6 Å². The van der Waals surface area contributed by atoms with E-state index in [4.69, 9.17) is 5.73 Å². The molecule has 1 aromatic rings. The smallest absolute Gasteiger partial charge is 0.253 e. The molecule has 5 nitrogen and oxygen atoms in total. The SMILES string of the molecule is CCCN(CC)CCNc1ccc(C(=O)N(C)C)cc1N. The Kier molecular flexibility index (Phi) is 7.02. The Balaban J connectivity index is 2.59. The molecular weight excluding hydrogens is 264 g/mol. The fourth-order valence-corrected chi connectivity index (χ4v) is 2.21. The second-order valence-corrected chi connectivity index (χ2v) is 5.36. The van der Waals surface area contributed by atoms with Crippen molar-refractivity contribution in [1.29, 1.82) is 0 Å². The van der Waals surface area contributed by atoms with E-state index in [1.54, 1.807) is 25.1 Å². The molecule has 118 valence electrons. The normalized spacial score (nSPS) is 10.7. The van der Waals surface area contributed by atoms with Crippen LogP contribution in [0.4, 0.5) is 11.4 Å². The number of hydrogen-bond donors (Lipinski definition) is 2. The van der Waals surface area contributed by atoms with Crippen molar-refractivity contribution in [3.63, 3.8) is 0 Å². The third-order valence-corrected chi connectivity index (χ3v) is 3.44. The van der Waals surface area contributed by atoms with Crippen molar-refractivity contribution < 1.29 is 4.79 Å². The van der Waals surface area contributed by atoms with E-state index < -0.39 is 0 Å². The molecule has 5 heteroatoms. The predicted molar refractivity (Wildman–Crippen MR) is 89.8 cm³/mol. The second kappa shape index (κ2) is 8.52. The molecule has 0 aromatic heterocycles. The summed E-state index contributed by atoms with van der Waals surface area (Å²) in [6.45, 7) is 8.37. The monoisotopic (exact) mass is 292 g/mol. The number of anilines is 2. The van der Waals surface area contributed by atoms with Gasteiger partial charge in [0.2, 0.25) is 0 Å². The van der Waals surface area contributed by atoms with Crippen molar-refractivity contribution in [1.82, 2.24) is 9.80 Å². The van der Waals surface area contributed by atoms with Crippen LogP contribution in [0.15, 0.2) is 18.2 Å². The van der Waals surface area contributed by atoms with E-state index in [0.29, 0.717) is 11.3 Å². The highest BCUT2D eigenvalue weighted by atomic mass is 16.2. The zero-order chi connectivity index (χ0) is 15.8. The van der Waals surface area contributed by atoms with E-state index in [1.165, 1.54) is 0 Å². The van der Waals surface area contributed by atoms with Crippen molar-refractivity contribution in [2.45, 2.75) is 20.3 Å². The van der Waals surface area contributed by atoms with Gasteiger partial charge in [-0.15, -0.1) is 0 Å². The average molecular weight is 292 g/mol. The highest BCUT2D eigenvalue weighted by Gasteiger charge is 2.10. The molecule has 0 saturated heterocycles. The number of carbonyl (C=O) groups excluding carboxylic acids is 1. The van der Waals surface area contributed by atoms with E-state index >= 15 is 0 Å². The van der Waals surface area contributed by atoms with Crippen molar-refractivity contribution in [2.24, 2.45) is 0 Å². The van der Waals surface area contributed by atoms with Crippen LogP contribution in [0.2, 0.25) is 0 Å². The first kappa shape index (κ1) is 17.3. The number of amides is 1. The van der Waals surface area contributed by atoms with Gasteiger partial charge in [-0.05, 0) is 37.7 Å². The van der Waals surface area contributed by atoms with Gasteiger partial charge in [-0.1, -0.05) is 13.8 Å². The van der Waals surface area contributed by atoms with Crippen LogP contribution in [-0.2, 0) is 0 Å². The Labute approximate surface area is 128 Å². The summed E-state index contributed by atoms with van der Waals surface area (Å²) in [5.41, 5.74) is 8.13. The van der Waals surface area contributed by atoms with Crippen LogP contribution >= 0.6 is 0 Å². The van der Waals surface area contributed by atoms with Crippen LogP contribution in [0.1, 0.15) is 30.6 Å². The lowest BCUT2D eigenvalue weighted by Crippen LogP contribution is -2.29. The molecule has 0 atom stereocenters. The molecule has 0 bridgehead atoms. The first-order valence-electron chi connectivity index (χ1n) is 7.57. The van der Waals surface area contributed by atoms with E-state index in [0.717, 1.165) is 38.3 Å². The maximum Gasteiger partial charge on any atom is 0.253 e. The summed E-state index contributed by atoms with van der Waals surface area (Å²) in [5, 5.41) is 3.34. The standard InChI is InChI=1S/C16H28N4O/c1-5-10-20(6-2)11-9-18-15-8-7-13(12-14(15)17)16(21)19(3)4/h7-8,12,18H,5-6,9-11,17H2,1-4H3. The molecule has 1 aromatic carbocycles. The van der Waals surface area contributed by atoms with Gasteiger partial charge < -0.3 is 20.9 Å². The van der Waals surface area contributed by atoms with Crippen LogP contribution in [0.25, 0.3) is 0 Å². The number of nitrogen functional groups attached to an aromatic ring is 1. The zero-order valence-electron chi connectivity index (χ0n) is 13.6. The molecule has 0 unspecified atom stereocenters. The van der Waals surface area contributed by atoms with Crippen LogP contribution < -0.4 is 11.1 Å².